The fourth-order valence-electron chi connectivity index (χ4n) is 11.2. The predicted octanol–water partition coefficient (Wildman–Crippen LogP) is 14.0. The standard InChI is InChI=1S/C61H46N4O/c1-5-15-39(16-6-1)41-25-27-44(28-26-41)60-62-59(43-21-11-4-12-22-43)63-61(64-60)46-29-32-49-50-33-31-47(37-57(50)66-56(49)36-46)65-54-34-30-45(40-17-7-2-8-18-40)35-53(54)58-51-24-14-13-23-48(51)52(38-55(58)65)42-19-9-3-10-20-42/h1-19,21-34,36,38,42,45,55,57-58H,20,35,37H2. The van der Waals surface area contributed by atoms with Crippen molar-refractivity contribution in [2.75, 3.05) is 0 Å². The third-order valence-corrected chi connectivity index (χ3v) is 14.3. The summed E-state index contributed by atoms with van der Waals surface area (Å²) in [7, 11) is 0. The van der Waals surface area contributed by atoms with Crippen LogP contribution in [0.1, 0.15) is 53.4 Å². The summed E-state index contributed by atoms with van der Waals surface area (Å²) in [6, 6.07) is 55.9. The minimum atomic E-state index is -0.106. The molecule has 3 heterocycles. The van der Waals surface area contributed by atoms with Gasteiger partial charge in [-0.05, 0) is 70.0 Å². The molecule has 6 aromatic carbocycles. The number of rotatable bonds is 7. The first-order chi connectivity index (χ1) is 32.7. The molecule has 0 bridgehead atoms. The Balaban J connectivity index is 0.847. The second-order valence-corrected chi connectivity index (χ2v) is 18.1. The molecule has 66 heavy (non-hydrogen) atoms. The van der Waals surface area contributed by atoms with E-state index in [0.717, 1.165) is 52.8 Å². The van der Waals surface area contributed by atoms with Crippen LogP contribution in [0.5, 0.6) is 5.75 Å². The molecule has 5 heteroatoms. The third-order valence-electron chi connectivity index (χ3n) is 14.3. The largest absolute Gasteiger partial charge is 0.485 e. The molecule has 2 aliphatic heterocycles. The van der Waals surface area contributed by atoms with Crippen LogP contribution in [-0.2, 0) is 0 Å². The molecule has 0 saturated carbocycles. The zero-order valence-electron chi connectivity index (χ0n) is 36.4. The topological polar surface area (TPSA) is 51.1 Å². The molecule has 5 atom stereocenters. The molecule has 0 amide bonds. The zero-order chi connectivity index (χ0) is 43.6. The van der Waals surface area contributed by atoms with E-state index >= 15 is 0 Å². The van der Waals surface area contributed by atoms with Crippen LogP contribution in [0.2, 0.25) is 0 Å². The molecular weight excluding hydrogens is 805 g/mol. The number of hydrogen-bond donors (Lipinski definition) is 0. The highest BCUT2D eigenvalue weighted by Crippen LogP contribution is 2.56. The van der Waals surface area contributed by atoms with Crippen molar-refractivity contribution in [1.82, 2.24) is 19.9 Å². The Morgan fingerprint density at radius 3 is 1.94 bits per heavy atom. The molecule has 0 spiro atoms. The summed E-state index contributed by atoms with van der Waals surface area (Å²) < 4.78 is 6.99. The summed E-state index contributed by atoms with van der Waals surface area (Å²) in [6.07, 6.45) is 23.9. The lowest BCUT2D eigenvalue weighted by Gasteiger charge is -2.38. The number of benzene rings is 6. The Hall–Kier alpha value is -7.89. The number of fused-ring (bicyclic) bond motifs is 7. The monoisotopic (exact) mass is 850 g/mol. The number of nitrogens with zero attached hydrogens (tertiary/aromatic N) is 4. The van der Waals surface area contributed by atoms with Gasteiger partial charge in [-0.25, -0.2) is 15.0 Å². The molecule has 0 N–H and O–H groups in total. The average molecular weight is 851 g/mol. The van der Waals surface area contributed by atoms with E-state index in [2.05, 4.69) is 181 Å². The lowest BCUT2D eigenvalue weighted by molar-refractivity contribution is 0.252. The minimum Gasteiger partial charge on any atom is -0.485 e. The average Bonchev–Trinajstić information content (AvgIpc) is 3.94. The highest BCUT2D eigenvalue weighted by molar-refractivity contribution is 5.83. The summed E-state index contributed by atoms with van der Waals surface area (Å²) in [6.45, 7) is 0. The maximum atomic E-state index is 6.99. The van der Waals surface area contributed by atoms with Crippen LogP contribution in [0.4, 0.5) is 0 Å². The van der Waals surface area contributed by atoms with E-state index in [0.29, 0.717) is 29.3 Å². The zero-order valence-corrected chi connectivity index (χ0v) is 36.4. The van der Waals surface area contributed by atoms with Crippen LogP contribution in [-0.4, -0.2) is 32.0 Å². The van der Waals surface area contributed by atoms with Gasteiger partial charge in [0.25, 0.3) is 0 Å². The quantitative estimate of drug-likeness (QED) is 0.160. The van der Waals surface area contributed by atoms with Crippen molar-refractivity contribution in [3.05, 3.63) is 252 Å². The van der Waals surface area contributed by atoms with E-state index in [4.69, 9.17) is 19.7 Å². The number of allylic oxidation sites excluding steroid dienone is 9. The van der Waals surface area contributed by atoms with E-state index in [1.807, 2.05) is 36.4 Å². The fourth-order valence-corrected chi connectivity index (χ4v) is 11.2. The van der Waals surface area contributed by atoms with Gasteiger partial charge < -0.3 is 9.64 Å². The Bertz CT molecular complexity index is 3270. The third kappa shape index (κ3) is 6.65. The molecule has 0 saturated heterocycles. The first-order valence-electron chi connectivity index (χ1n) is 23.3. The van der Waals surface area contributed by atoms with Crippen molar-refractivity contribution in [2.45, 2.75) is 43.2 Å². The maximum absolute atomic E-state index is 6.99. The first kappa shape index (κ1) is 38.6. The van der Waals surface area contributed by atoms with Crippen molar-refractivity contribution in [1.29, 1.82) is 0 Å². The number of ether oxygens (including phenoxy) is 1. The molecule has 0 fully saturated rings. The van der Waals surface area contributed by atoms with Crippen molar-refractivity contribution < 1.29 is 4.74 Å². The van der Waals surface area contributed by atoms with Gasteiger partial charge in [0.1, 0.15) is 11.9 Å². The molecule has 4 aliphatic carbocycles. The van der Waals surface area contributed by atoms with Crippen LogP contribution in [0.25, 0.3) is 56.4 Å². The molecule has 5 unspecified atom stereocenters. The van der Waals surface area contributed by atoms with Crippen molar-refractivity contribution in [3.8, 4) is 51.0 Å². The van der Waals surface area contributed by atoms with E-state index in [9.17, 15) is 0 Å². The lowest BCUT2D eigenvalue weighted by atomic mass is 9.71. The highest BCUT2D eigenvalue weighted by atomic mass is 16.5. The summed E-state index contributed by atoms with van der Waals surface area (Å²) in [5, 5.41) is 0. The van der Waals surface area contributed by atoms with Gasteiger partial charge in [-0.1, -0.05) is 194 Å². The van der Waals surface area contributed by atoms with E-state index in [1.165, 1.54) is 50.4 Å². The van der Waals surface area contributed by atoms with Crippen molar-refractivity contribution in [2.24, 2.45) is 5.92 Å². The second kappa shape index (κ2) is 16.0. The van der Waals surface area contributed by atoms with Crippen LogP contribution < -0.4 is 4.74 Å². The summed E-state index contributed by atoms with van der Waals surface area (Å²) >= 11 is 0. The Morgan fingerprint density at radius 1 is 0.530 bits per heavy atom. The summed E-state index contributed by atoms with van der Waals surface area (Å²) in [5.74, 6) is 3.70. The molecule has 0 radical (unpaired) electrons. The van der Waals surface area contributed by atoms with Crippen LogP contribution in [0, 0.1) is 5.92 Å². The molecule has 5 nitrogen and oxygen atoms in total. The lowest BCUT2D eigenvalue weighted by Crippen LogP contribution is -2.36. The van der Waals surface area contributed by atoms with Gasteiger partial charge >= 0.3 is 0 Å². The van der Waals surface area contributed by atoms with Gasteiger partial charge in [-0.15, -0.1) is 0 Å². The van der Waals surface area contributed by atoms with Crippen LogP contribution in [0.15, 0.2) is 229 Å². The van der Waals surface area contributed by atoms with Gasteiger partial charge in [0.05, 0.1) is 6.04 Å². The second-order valence-electron chi connectivity index (χ2n) is 18.1. The van der Waals surface area contributed by atoms with Gasteiger partial charge in [0, 0.05) is 63.4 Å². The van der Waals surface area contributed by atoms with E-state index in [1.54, 1.807) is 0 Å². The van der Waals surface area contributed by atoms with Gasteiger partial charge in [-0.2, -0.15) is 0 Å². The first-order valence-corrected chi connectivity index (χ1v) is 23.3. The van der Waals surface area contributed by atoms with E-state index < -0.39 is 0 Å². The fraction of sp³-hybridized carbons (Fsp3) is 0.131. The van der Waals surface area contributed by atoms with Crippen molar-refractivity contribution >= 4 is 11.1 Å². The van der Waals surface area contributed by atoms with E-state index in [-0.39, 0.29) is 18.1 Å². The molecule has 13 rings (SSSR count). The molecule has 7 aromatic rings. The Labute approximate surface area is 385 Å². The Kier molecular flexibility index (Phi) is 9.33. The normalized spacial score (nSPS) is 22.0. The smallest absolute Gasteiger partial charge is 0.164 e. The predicted molar refractivity (Wildman–Crippen MR) is 266 cm³/mol. The molecule has 6 aliphatic rings. The maximum Gasteiger partial charge on any atom is 0.164 e. The molecular formula is C61H46N4O. The van der Waals surface area contributed by atoms with Crippen molar-refractivity contribution in [3.63, 3.8) is 0 Å². The summed E-state index contributed by atoms with van der Waals surface area (Å²) in [5.41, 5.74) is 17.3. The van der Waals surface area contributed by atoms with Gasteiger partial charge in [0.15, 0.2) is 17.5 Å². The van der Waals surface area contributed by atoms with Crippen LogP contribution in [0.3, 0.4) is 0 Å². The highest BCUT2D eigenvalue weighted by Gasteiger charge is 2.47. The van der Waals surface area contributed by atoms with Crippen LogP contribution >= 0.6 is 0 Å². The molecule has 316 valence electrons. The molecule has 1 aromatic heterocycles. The number of aromatic nitrogens is 3. The van der Waals surface area contributed by atoms with Gasteiger partial charge in [0.2, 0.25) is 0 Å². The van der Waals surface area contributed by atoms with Gasteiger partial charge in [-0.3, -0.25) is 0 Å². The summed E-state index contributed by atoms with van der Waals surface area (Å²) in [4.78, 5) is 17.9. The Morgan fingerprint density at radius 2 is 1.18 bits per heavy atom. The number of hydrogen-bond acceptors (Lipinski definition) is 5. The minimum absolute atomic E-state index is 0.106. The SMILES string of the molecule is C1=CCC(C2=CC3C(C4=C(C=CC(c5ccccc5)C4)N3C3=CC=C4c5ccc(-c6nc(-c7ccccc7)nc(-c7ccc(-c8ccccc8)cc7)n6)cc5OC4C3)c3ccccc32)C=C1.